The van der Waals surface area contributed by atoms with Crippen molar-refractivity contribution in [1.29, 1.82) is 0 Å². The van der Waals surface area contributed by atoms with Crippen molar-refractivity contribution in [2.24, 2.45) is 17.3 Å². The highest BCUT2D eigenvalue weighted by Crippen LogP contribution is 2.79. The Bertz CT molecular complexity index is 2290. The number of carbonyl (C=O) groups is 1. The summed E-state index contributed by atoms with van der Waals surface area (Å²) in [6.45, 7) is 10.7. The molecule has 12 unspecified atom stereocenters. The number of fused-ring (bicyclic) bond motifs is 4. The Morgan fingerprint density at radius 1 is 0.960 bits per heavy atom. The number of benzene rings is 2. The molecular weight excluding hydrogens is 620 g/mol. The van der Waals surface area contributed by atoms with Crippen molar-refractivity contribution in [3.05, 3.63) is 99.4 Å². The number of allylic oxidation sites excluding steroid dienone is 1. The van der Waals surface area contributed by atoms with E-state index < -0.39 is 11.0 Å². The molecule has 10 heterocycles. The second-order valence-corrected chi connectivity index (χ2v) is 18.2. The van der Waals surface area contributed by atoms with Crippen LogP contribution in [0.5, 0.6) is 0 Å². The number of para-hydroxylation sites is 2. The first-order valence-corrected chi connectivity index (χ1v) is 19.3. The van der Waals surface area contributed by atoms with E-state index in [1.807, 2.05) is 6.07 Å². The van der Waals surface area contributed by atoms with Gasteiger partial charge in [0.2, 0.25) is 5.91 Å². The fourth-order valence-electron chi connectivity index (χ4n) is 15.8. The maximum Gasteiger partial charge on any atom is 0.235 e. The third-order valence-corrected chi connectivity index (χ3v) is 17.4. The van der Waals surface area contributed by atoms with Gasteiger partial charge < -0.3 is 14.2 Å². The molecule has 6 saturated heterocycles. The molecule has 2 aromatic carbocycles. The fraction of sp³-hybridized carbons (Fsp3) is 0.535. The largest absolute Gasteiger partial charge is 0.372 e. The van der Waals surface area contributed by atoms with E-state index in [1.165, 1.54) is 22.3 Å². The van der Waals surface area contributed by atoms with Crippen LogP contribution in [0, 0.1) is 17.3 Å². The lowest BCUT2D eigenvalue weighted by Gasteiger charge is -2.71. The second-order valence-electron chi connectivity index (χ2n) is 18.2. The topological polar surface area (TPSA) is 58.0 Å². The van der Waals surface area contributed by atoms with Crippen LogP contribution in [0.15, 0.2) is 82.8 Å². The Hall–Kier alpha value is -3.52. The summed E-state index contributed by atoms with van der Waals surface area (Å²) in [5.41, 5.74) is 6.40. The molecular formula is C43H44N4O3. The lowest BCUT2D eigenvalue weighted by Crippen LogP contribution is -2.86. The number of hydrogen-bond donors (Lipinski definition) is 0. The van der Waals surface area contributed by atoms with Crippen LogP contribution in [0.25, 0.3) is 10.9 Å². The van der Waals surface area contributed by atoms with Crippen molar-refractivity contribution in [2.45, 2.75) is 99.0 Å². The minimum Gasteiger partial charge on any atom is -0.372 e. The molecule has 11 aliphatic rings. The molecule has 9 aliphatic heterocycles. The number of amides is 1. The summed E-state index contributed by atoms with van der Waals surface area (Å²) in [6, 6.07) is 18.2. The van der Waals surface area contributed by atoms with E-state index in [0.29, 0.717) is 36.4 Å². The average molecular weight is 665 g/mol. The standard InChI is InChI=1S/C43H44N4O3/c1-4-24-22-46-32-13-12-26(24)36-41(32,29-10-7-8-27-31(48)14-17-45(36)35(27)29)23-40(46,3)39(2)20-33-43-34-25(15-19-50-33)21-44-18-16-42(43,37(34)44)28-9-5-6-11-30(28)47(43)38(39)49/h4-11,14-15,17,26,32-34,36-37H,12-13,16,18-23H2,1-3H3. The van der Waals surface area contributed by atoms with Gasteiger partial charge in [0.05, 0.1) is 35.2 Å². The number of nitrogens with zero attached hydrogens (tertiary/aromatic N) is 4. The zero-order valence-electron chi connectivity index (χ0n) is 29.2. The van der Waals surface area contributed by atoms with E-state index >= 15 is 4.79 Å². The molecule has 2 saturated carbocycles. The van der Waals surface area contributed by atoms with Crippen molar-refractivity contribution in [3.63, 3.8) is 0 Å². The van der Waals surface area contributed by atoms with Gasteiger partial charge in [-0.25, -0.2) is 0 Å². The van der Waals surface area contributed by atoms with Crippen molar-refractivity contribution < 1.29 is 9.53 Å². The Morgan fingerprint density at radius 2 is 1.82 bits per heavy atom. The summed E-state index contributed by atoms with van der Waals surface area (Å²) in [5, 5.41) is 0.840. The number of piperidine rings is 1. The lowest BCUT2D eigenvalue weighted by molar-refractivity contribution is -0.177. The molecule has 8 fully saturated rings. The predicted octanol–water partition coefficient (Wildman–Crippen LogP) is 5.47. The van der Waals surface area contributed by atoms with E-state index in [0.717, 1.165) is 68.3 Å². The van der Waals surface area contributed by atoms with E-state index in [2.05, 4.69) is 94.8 Å². The molecule has 2 aliphatic carbocycles. The van der Waals surface area contributed by atoms with Gasteiger partial charge in [0, 0.05) is 76.7 Å². The Labute approximate surface area is 292 Å². The molecule has 4 bridgehead atoms. The van der Waals surface area contributed by atoms with Gasteiger partial charge in [-0.2, -0.15) is 0 Å². The van der Waals surface area contributed by atoms with E-state index in [1.54, 1.807) is 6.07 Å². The van der Waals surface area contributed by atoms with Gasteiger partial charge in [-0.1, -0.05) is 53.6 Å². The Morgan fingerprint density at radius 3 is 2.70 bits per heavy atom. The van der Waals surface area contributed by atoms with Gasteiger partial charge in [0.1, 0.15) is 0 Å². The molecule has 0 radical (unpaired) electrons. The van der Waals surface area contributed by atoms with Crippen LogP contribution in [0.4, 0.5) is 5.69 Å². The van der Waals surface area contributed by atoms with Gasteiger partial charge in [0.15, 0.2) is 5.43 Å². The van der Waals surface area contributed by atoms with E-state index in [4.69, 9.17) is 4.74 Å². The maximum atomic E-state index is 16.2. The zero-order valence-corrected chi connectivity index (χ0v) is 29.2. The number of rotatable bonds is 1. The number of aromatic nitrogens is 1. The van der Waals surface area contributed by atoms with Crippen LogP contribution < -0.4 is 10.3 Å². The minimum atomic E-state index is -0.687. The van der Waals surface area contributed by atoms with Gasteiger partial charge in [-0.05, 0) is 82.7 Å². The van der Waals surface area contributed by atoms with Gasteiger partial charge in [-0.3, -0.25) is 19.4 Å². The van der Waals surface area contributed by atoms with Gasteiger partial charge >= 0.3 is 0 Å². The quantitative estimate of drug-likeness (QED) is 0.323. The Kier molecular flexibility index (Phi) is 4.63. The van der Waals surface area contributed by atoms with Crippen LogP contribution in [-0.2, 0) is 20.4 Å². The van der Waals surface area contributed by atoms with E-state index in [-0.39, 0.29) is 33.9 Å². The monoisotopic (exact) mass is 664 g/mol. The van der Waals surface area contributed by atoms with Gasteiger partial charge in [0.25, 0.3) is 0 Å². The van der Waals surface area contributed by atoms with Crippen LogP contribution in [0.1, 0.15) is 70.0 Å². The van der Waals surface area contributed by atoms with Crippen LogP contribution in [0.2, 0.25) is 0 Å². The number of pyridine rings is 1. The summed E-state index contributed by atoms with van der Waals surface area (Å²) >= 11 is 0. The minimum absolute atomic E-state index is 0.0428. The molecule has 12 atom stereocenters. The molecule has 1 aromatic heterocycles. The Balaban J connectivity index is 1.05. The molecule has 1 amide bonds. The normalized spacial score (nSPS) is 48.7. The number of carbonyl (C=O) groups excluding carboxylic acids is 1. The zero-order chi connectivity index (χ0) is 33.3. The van der Waals surface area contributed by atoms with Crippen molar-refractivity contribution >= 4 is 22.5 Å². The second kappa shape index (κ2) is 8.24. The molecule has 14 rings (SSSR count). The summed E-state index contributed by atoms with van der Waals surface area (Å²) in [5.74, 6) is 1.07. The van der Waals surface area contributed by atoms with Crippen molar-refractivity contribution in [1.82, 2.24) is 14.4 Å². The van der Waals surface area contributed by atoms with Crippen molar-refractivity contribution in [3.8, 4) is 0 Å². The lowest BCUT2D eigenvalue weighted by atomic mass is 9.40. The molecule has 0 N–H and O–H groups in total. The summed E-state index contributed by atoms with van der Waals surface area (Å²) in [7, 11) is 0. The third kappa shape index (κ3) is 2.42. The molecule has 3 spiro atoms. The van der Waals surface area contributed by atoms with Crippen molar-refractivity contribution in [2.75, 3.05) is 31.1 Å². The summed E-state index contributed by atoms with van der Waals surface area (Å²) < 4.78 is 9.67. The number of hydrogen-bond acceptors (Lipinski definition) is 5. The summed E-state index contributed by atoms with van der Waals surface area (Å²) in [4.78, 5) is 37.5. The number of ether oxygens (including phenoxy) is 1. The molecule has 7 heteroatoms. The molecule has 3 aromatic rings. The molecule has 50 heavy (non-hydrogen) atoms. The highest BCUT2D eigenvalue weighted by atomic mass is 16.5. The van der Waals surface area contributed by atoms with Crippen LogP contribution in [0.3, 0.4) is 0 Å². The fourth-order valence-corrected chi connectivity index (χ4v) is 15.8. The van der Waals surface area contributed by atoms with Crippen LogP contribution >= 0.6 is 0 Å². The SMILES string of the molecule is CC=C1CN2C3CCC1C1n4ccc(=O)c5cccc(c54)C31CC2(C)C1(C)CC2OCC=C3CN4CCC56c7ccccc7N(C1=O)C25C3C46. The number of anilines is 1. The summed E-state index contributed by atoms with van der Waals surface area (Å²) in [6.07, 6.45) is 11.8. The maximum absolute atomic E-state index is 16.2. The third-order valence-electron chi connectivity index (χ3n) is 17.4. The highest BCUT2D eigenvalue weighted by molar-refractivity contribution is 6.06. The molecule has 7 nitrogen and oxygen atoms in total. The predicted molar refractivity (Wildman–Crippen MR) is 191 cm³/mol. The smallest absolute Gasteiger partial charge is 0.235 e. The highest BCUT2D eigenvalue weighted by Gasteiger charge is 2.89. The van der Waals surface area contributed by atoms with E-state index in [9.17, 15) is 4.79 Å². The first-order valence-electron chi connectivity index (χ1n) is 19.3. The molecule has 254 valence electrons. The first kappa shape index (κ1) is 28.1. The average Bonchev–Trinajstić information content (AvgIpc) is 3.74. The van der Waals surface area contributed by atoms with Gasteiger partial charge in [-0.15, -0.1) is 0 Å². The van der Waals surface area contributed by atoms with Crippen LogP contribution in [-0.4, -0.2) is 75.8 Å². The first-order chi connectivity index (χ1) is 24.3.